The van der Waals surface area contributed by atoms with Gasteiger partial charge in [-0.2, -0.15) is 0 Å². The van der Waals surface area contributed by atoms with E-state index in [0.29, 0.717) is 11.5 Å². The summed E-state index contributed by atoms with van der Waals surface area (Å²) in [6.45, 7) is 4.08. The van der Waals surface area contributed by atoms with Crippen LogP contribution < -0.4 is 0 Å². The summed E-state index contributed by atoms with van der Waals surface area (Å²) in [7, 11) is 0. The van der Waals surface area contributed by atoms with Crippen LogP contribution in [0.4, 0.5) is 0 Å². The Morgan fingerprint density at radius 3 is 2.83 bits per heavy atom. The van der Waals surface area contributed by atoms with E-state index in [0.717, 1.165) is 11.3 Å². The number of hydrogen-bond donors (Lipinski definition) is 1. The van der Waals surface area contributed by atoms with E-state index >= 15 is 0 Å². The average molecular weight is 247 g/mol. The number of rotatable bonds is 4. The van der Waals surface area contributed by atoms with Gasteiger partial charge in [-0.15, -0.1) is 5.10 Å². The fraction of sp³-hybridized carbons (Fsp3) is 0.364. The molecule has 0 saturated carbocycles. The molecule has 2 rings (SSSR count). The summed E-state index contributed by atoms with van der Waals surface area (Å²) in [5.74, 6) is -0.395. The second-order valence-corrected chi connectivity index (χ2v) is 4.04. The Balaban J connectivity index is 2.33. The summed E-state index contributed by atoms with van der Waals surface area (Å²) >= 11 is 0. The summed E-state index contributed by atoms with van der Waals surface area (Å²) in [6.07, 6.45) is -0.0250. The highest BCUT2D eigenvalue weighted by atomic mass is 16.4. The highest BCUT2D eigenvalue weighted by Crippen LogP contribution is 2.15. The zero-order valence-corrected chi connectivity index (χ0v) is 10.2. The van der Waals surface area contributed by atoms with Gasteiger partial charge in [-0.3, -0.25) is 4.79 Å². The number of carbonyl (C=O) groups is 1. The van der Waals surface area contributed by atoms with Crippen LogP contribution in [0.5, 0.6) is 0 Å². The van der Waals surface area contributed by atoms with Crippen molar-refractivity contribution in [3.8, 4) is 11.5 Å². The topological polar surface area (TPSA) is 93.8 Å². The van der Waals surface area contributed by atoms with Crippen LogP contribution in [0, 0.1) is 13.8 Å². The van der Waals surface area contributed by atoms with E-state index in [2.05, 4.69) is 20.5 Å². The van der Waals surface area contributed by atoms with Crippen LogP contribution in [0.25, 0.3) is 11.5 Å². The molecular formula is C11H13N5O2. The van der Waals surface area contributed by atoms with Gasteiger partial charge in [0.1, 0.15) is 5.69 Å². The smallest absolute Gasteiger partial charge is 0.305 e. The van der Waals surface area contributed by atoms with E-state index in [1.807, 2.05) is 26.0 Å². The first kappa shape index (κ1) is 12.2. The lowest BCUT2D eigenvalue weighted by Crippen LogP contribution is -2.08. The zero-order valence-electron chi connectivity index (χ0n) is 10.2. The van der Waals surface area contributed by atoms with E-state index in [1.54, 1.807) is 0 Å². The number of nitrogens with zero attached hydrogens (tertiary/aromatic N) is 5. The molecule has 2 aromatic heterocycles. The molecular weight excluding hydrogens is 234 g/mol. The molecule has 2 aromatic rings. The normalized spacial score (nSPS) is 10.6. The van der Waals surface area contributed by atoms with Crippen molar-refractivity contribution in [2.24, 2.45) is 0 Å². The van der Waals surface area contributed by atoms with Gasteiger partial charge in [-0.1, -0.05) is 0 Å². The Labute approximate surface area is 103 Å². The Kier molecular flexibility index (Phi) is 3.31. The van der Waals surface area contributed by atoms with Gasteiger partial charge >= 0.3 is 5.97 Å². The minimum absolute atomic E-state index is 0.0250. The van der Waals surface area contributed by atoms with Crippen molar-refractivity contribution in [2.75, 3.05) is 0 Å². The number of tetrazole rings is 1. The molecule has 18 heavy (non-hydrogen) atoms. The minimum Gasteiger partial charge on any atom is -0.481 e. The van der Waals surface area contributed by atoms with Crippen molar-refractivity contribution in [1.82, 2.24) is 25.2 Å². The third-order valence-corrected chi connectivity index (χ3v) is 2.40. The maximum absolute atomic E-state index is 10.6. The van der Waals surface area contributed by atoms with E-state index < -0.39 is 5.97 Å². The number of carboxylic acid groups (broad SMARTS) is 1. The van der Waals surface area contributed by atoms with Gasteiger partial charge < -0.3 is 5.11 Å². The summed E-state index contributed by atoms with van der Waals surface area (Å²) in [5, 5.41) is 19.9. The van der Waals surface area contributed by atoms with Crippen molar-refractivity contribution in [2.45, 2.75) is 26.8 Å². The zero-order chi connectivity index (χ0) is 13.1. The van der Waals surface area contributed by atoms with E-state index in [4.69, 9.17) is 5.11 Å². The van der Waals surface area contributed by atoms with Gasteiger partial charge in [0.05, 0.1) is 13.0 Å². The first-order valence-electron chi connectivity index (χ1n) is 5.50. The van der Waals surface area contributed by atoms with Gasteiger partial charge in [0, 0.05) is 5.69 Å². The van der Waals surface area contributed by atoms with Gasteiger partial charge in [0.25, 0.3) is 0 Å². The fourth-order valence-electron chi connectivity index (χ4n) is 1.70. The molecule has 0 aliphatic rings. The monoisotopic (exact) mass is 247 g/mol. The molecule has 0 amide bonds. The van der Waals surface area contributed by atoms with Gasteiger partial charge in [0.2, 0.25) is 5.82 Å². The Morgan fingerprint density at radius 2 is 2.17 bits per heavy atom. The van der Waals surface area contributed by atoms with Crippen LogP contribution in [0.2, 0.25) is 0 Å². The molecule has 0 atom stereocenters. The quantitative estimate of drug-likeness (QED) is 0.859. The predicted molar refractivity (Wildman–Crippen MR) is 62.8 cm³/mol. The first-order valence-corrected chi connectivity index (χ1v) is 5.50. The number of carboxylic acids is 1. The van der Waals surface area contributed by atoms with Crippen molar-refractivity contribution < 1.29 is 9.90 Å². The highest BCUT2D eigenvalue weighted by Gasteiger charge is 2.12. The number of aryl methyl sites for hydroxylation is 3. The van der Waals surface area contributed by atoms with Crippen LogP contribution >= 0.6 is 0 Å². The Morgan fingerprint density at radius 1 is 1.39 bits per heavy atom. The summed E-state index contributed by atoms with van der Waals surface area (Å²) in [4.78, 5) is 14.9. The fourth-order valence-corrected chi connectivity index (χ4v) is 1.70. The Bertz CT molecular complexity index is 558. The van der Waals surface area contributed by atoms with Crippen LogP contribution in [0.3, 0.4) is 0 Å². The summed E-state index contributed by atoms with van der Waals surface area (Å²) < 4.78 is 1.45. The van der Waals surface area contributed by atoms with E-state index in [-0.39, 0.29) is 13.0 Å². The molecule has 0 unspecified atom stereocenters. The minimum atomic E-state index is -0.884. The van der Waals surface area contributed by atoms with Crippen molar-refractivity contribution in [3.05, 3.63) is 23.4 Å². The molecule has 0 bridgehead atoms. The highest BCUT2D eigenvalue weighted by molar-refractivity contribution is 5.66. The third-order valence-electron chi connectivity index (χ3n) is 2.40. The van der Waals surface area contributed by atoms with E-state index in [1.165, 1.54) is 4.68 Å². The molecule has 7 nitrogen and oxygen atoms in total. The SMILES string of the molecule is Cc1cc(C)nc(-c2nnnn2CCC(=O)O)c1. The molecule has 2 heterocycles. The van der Waals surface area contributed by atoms with E-state index in [9.17, 15) is 4.79 Å². The number of aromatic nitrogens is 5. The molecule has 7 heteroatoms. The molecule has 0 fully saturated rings. The number of aliphatic carboxylic acids is 1. The molecule has 0 saturated heterocycles. The molecule has 0 aromatic carbocycles. The maximum Gasteiger partial charge on any atom is 0.305 e. The van der Waals surface area contributed by atoms with Crippen molar-refractivity contribution in [1.29, 1.82) is 0 Å². The average Bonchev–Trinajstić information content (AvgIpc) is 2.72. The number of hydrogen-bond acceptors (Lipinski definition) is 5. The molecule has 94 valence electrons. The van der Waals surface area contributed by atoms with Gasteiger partial charge in [-0.05, 0) is 42.0 Å². The standard InChI is InChI=1S/C11H13N5O2/c1-7-5-8(2)12-9(6-7)11-13-14-15-16(11)4-3-10(17)18/h5-6H,3-4H2,1-2H3,(H,17,18). The first-order chi connectivity index (χ1) is 8.56. The summed E-state index contributed by atoms with van der Waals surface area (Å²) in [6, 6.07) is 3.82. The molecule has 0 aliphatic heterocycles. The van der Waals surface area contributed by atoms with Crippen LogP contribution in [-0.2, 0) is 11.3 Å². The van der Waals surface area contributed by atoms with Gasteiger partial charge in [-0.25, -0.2) is 9.67 Å². The lowest BCUT2D eigenvalue weighted by atomic mass is 10.2. The van der Waals surface area contributed by atoms with Crippen molar-refractivity contribution in [3.63, 3.8) is 0 Å². The van der Waals surface area contributed by atoms with Crippen molar-refractivity contribution >= 4 is 5.97 Å². The molecule has 0 aliphatic carbocycles. The van der Waals surface area contributed by atoms with Crippen LogP contribution in [0.1, 0.15) is 17.7 Å². The third kappa shape index (κ3) is 2.68. The second-order valence-electron chi connectivity index (χ2n) is 4.04. The lowest BCUT2D eigenvalue weighted by Gasteiger charge is -2.04. The molecule has 0 radical (unpaired) electrons. The number of pyridine rings is 1. The largest absolute Gasteiger partial charge is 0.481 e. The summed E-state index contributed by atoms with van der Waals surface area (Å²) in [5.41, 5.74) is 2.59. The predicted octanol–water partition coefficient (Wildman–Crippen LogP) is 0.827. The van der Waals surface area contributed by atoms with Gasteiger partial charge in [0.15, 0.2) is 0 Å². The Hall–Kier alpha value is -2.31. The van der Waals surface area contributed by atoms with Crippen LogP contribution in [0.15, 0.2) is 12.1 Å². The maximum atomic E-state index is 10.6. The second kappa shape index (κ2) is 4.91. The molecule has 0 spiro atoms. The van der Waals surface area contributed by atoms with Crippen LogP contribution in [-0.4, -0.2) is 36.3 Å². The molecule has 1 N–H and O–H groups in total. The lowest BCUT2D eigenvalue weighted by molar-refractivity contribution is -0.137.